The molecule has 0 unspecified atom stereocenters. The van der Waals surface area contributed by atoms with Crippen LogP contribution in [0.15, 0.2) is 24.3 Å². The molecule has 252 valence electrons. The van der Waals surface area contributed by atoms with Gasteiger partial charge in [-0.15, -0.1) is 0 Å². The molecule has 0 amide bonds. The first-order chi connectivity index (χ1) is 20.2. The Hall–Kier alpha value is -0.326. The number of aliphatic hydroxyl groups is 2. The van der Waals surface area contributed by atoms with Gasteiger partial charge in [-0.05, 0) is 74.8 Å². The molecule has 2 aliphatic carbocycles. The SMILES string of the molecule is CC(C)(C)[Si](C)(C)OC[C@@]12C[C@@H](O)C[C@]3(CCC=C[C@@H]3C1)O2.CC(C)(C)[Si](C)(C)OC[C@]12C[C@H](O)C[C@@]3(CCC=C[C@H]3C1)O2. The van der Waals surface area contributed by atoms with Crippen molar-refractivity contribution in [2.45, 2.75) is 177 Å². The molecular weight excluding hydrogens is 585 g/mol. The lowest BCUT2D eigenvalue weighted by Crippen LogP contribution is -2.52. The van der Waals surface area contributed by atoms with E-state index in [4.69, 9.17) is 18.3 Å². The van der Waals surface area contributed by atoms with Gasteiger partial charge in [0.1, 0.15) is 0 Å². The molecule has 4 heterocycles. The van der Waals surface area contributed by atoms with Crippen LogP contribution in [-0.2, 0) is 18.3 Å². The summed E-state index contributed by atoms with van der Waals surface area (Å²) in [5.41, 5.74) is -0.786. The van der Waals surface area contributed by atoms with Crippen molar-refractivity contribution in [2.75, 3.05) is 13.2 Å². The highest BCUT2D eigenvalue weighted by atomic mass is 28.4. The molecule has 4 aliphatic heterocycles. The van der Waals surface area contributed by atoms with Crippen LogP contribution in [0.2, 0.25) is 36.3 Å². The van der Waals surface area contributed by atoms with Gasteiger partial charge in [0.05, 0.1) is 47.8 Å². The molecule has 6 aliphatic rings. The van der Waals surface area contributed by atoms with Gasteiger partial charge in [0.15, 0.2) is 16.6 Å². The lowest BCUT2D eigenvalue weighted by atomic mass is 9.77. The van der Waals surface area contributed by atoms with Crippen LogP contribution in [0.4, 0.5) is 0 Å². The van der Waals surface area contributed by atoms with Crippen molar-refractivity contribution < 1.29 is 28.5 Å². The predicted octanol–water partition coefficient (Wildman–Crippen LogP) is 8.05. The third-order valence-corrected chi connectivity index (χ3v) is 21.9. The molecule has 2 spiro atoms. The average molecular weight is 649 g/mol. The number of rotatable bonds is 6. The zero-order valence-electron chi connectivity index (χ0n) is 29.6. The van der Waals surface area contributed by atoms with Gasteiger partial charge in [-0.3, -0.25) is 0 Å². The van der Waals surface area contributed by atoms with Crippen molar-refractivity contribution in [3.05, 3.63) is 24.3 Å². The second-order valence-electron chi connectivity index (χ2n) is 18.5. The summed E-state index contributed by atoms with van der Waals surface area (Å²) in [6, 6.07) is 0. The van der Waals surface area contributed by atoms with Gasteiger partial charge in [-0.2, -0.15) is 0 Å². The summed E-state index contributed by atoms with van der Waals surface area (Å²) >= 11 is 0. The number of hydrogen-bond acceptors (Lipinski definition) is 6. The quantitative estimate of drug-likeness (QED) is 0.224. The Kier molecular flexibility index (Phi) is 9.29. The lowest BCUT2D eigenvalue weighted by molar-refractivity contribution is -0.191. The third-order valence-electron chi connectivity index (χ3n) is 13.0. The number of aliphatic hydroxyl groups excluding tert-OH is 2. The normalized spacial score (nSPS) is 41.5. The Morgan fingerprint density at radius 3 is 1.34 bits per heavy atom. The van der Waals surface area contributed by atoms with Gasteiger partial charge < -0.3 is 28.5 Å². The van der Waals surface area contributed by atoms with E-state index < -0.39 is 16.6 Å². The van der Waals surface area contributed by atoms with Crippen LogP contribution < -0.4 is 0 Å². The molecule has 4 saturated heterocycles. The first-order valence-electron chi connectivity index (χ1n) is 17.5. The van der Waals surface area contributed by atoms with Crippen LogP contribution in [-0.4, -0.2) is 74.7 Å². The number of fused-ring (bicyclic) bond motifs is 2. The molecule has 0 aromatic rings. The highest BCUT2D eigenvalue weighted by Crippen LogP contribution is 2.57. The van der Waals surface area contributed by atoms with Gasteiger partial charge >= 0.3 is 0 Å². The van der Waals surface area contributed by atoms with Gasteiger partial charge in [-0.25, -0.2) is 0 Å². The van der Waals surface area contributed by atoms with E-state index >= 15 is 0 Å². The minimum Gasteiger partial charge on any atom is -0.414 e. The molecule has 6 nitrogen and oxygen atoms in total. The topological polar surface area (TPSA) is 77.4 Å². The molecular formula is C36H64O6Si2. The average Bonchev–Trinajstić information content (AvgIpc) is 3.28. The zero-order valence-corrected chi connectivity index (χ0v) is 31.6. The molecule has 4 bridgehead atoms. The zero-order chi connectivity index (χ0) is 32.5. The standard InChI is InChI=1S/2C18H32O3Si/c2*1-16(2,3)22(4,5)20-13-17-10-14-8-6-7-9-18(14,21-17)12-15(19)11-17/h2*6,8,14-15,19H,7,9-13H2,1-5H3/t2*14-,15-,17+,18+/m10/s1. The van der Waals surface area contributed by atoms with Gasteiger partial charge in [0.25, 0.3) is 0 Å². The Morgan fingerprint density at radius 1 is 0.636 bits per heavy atom. The van der Waals surface area contributed by atoms with Crippen molar-refractivity contribution in [1.29, 1.82) is 0 Å². The van der Waals surface area contributed by atoms with Crippen LogP contribution >= 0.6 is 0 Å². The fourth-order valence-corrected chi connectivity index (χ4v) is 10.5. The Balaban J connectivity index is 0.000000175. The molecule has 8 atom stereocenters. The van der Waals surface area contributed by atoms with E-state index in [1.807, 2.05) is 0 Å². The summed E-state index contributed by atoms with van der Waals surface area (Å²) in [6.07, 6.45) is 18.1. The Morgan fingerprint density at radius 2 is 1.00 bits per heavy atom. The summed E-state index contributed by atoms with van der Waals surface area (Å²) in [5.74, 6) is 0.919. The molecule has 8 heteroatoms. The minimum absolute atomic E-state index is 0.122. The van der Waals surface area contributed by atoms with Gasteiger partial charge in [0.2, 0.25) is 0 Å². The van der Waals surface area contributed by atoms with Crippen LogP contribution in [0.1, 0.15) is 106 Å². The maximum atomic E-state index is 10.4. The van der Waals surface area contributed by atoms with Gasteiger partial charge in [0, 0.05) is 37.5 Å². The van der Waals surface area contributed by atoms with Crippen LogP contribution in [0, 0.1) is 11.8 Å². The first kappa shape index (κ1) is 35.0. The summed E-state index contributed by atoms with van der Waals surface area (Å²) in [7, 11) is -3.57. The van der Waals surface area contributed by atoms with E-state index in [1.54, 1.807) is 0 Å². The van der Waals surface area contributed by atoms with Crippen LogP contribution in [0.3, 0.4) is 0 Å². The number of ether oxygens (including phenoxy) is 2. The molecule has 2 N–H and O–H groups in total. The second-order valence-corrected chi connectivity index (χ2v) is 28.1. The van der Waals surface area contributed by atoms with E-state index in [0.717, 1.165) is 64.2 Å². The Bertz CT molecular complexity index is 1020. The molecule has 0 aromatic carbocycles. The molecule has 0 radical (unpaired) electrons. The molecule has 6 rings (SSSR count). The minimum atomic E-state index is -1.79. The van der Waals surface area contributed by atoms with Crippen molar-refractivity contribution in [3.8, 4) is 0 Å². The predicted molar refractivity (Wildman–Crippen MR) is 183 cm³/mol. The number of allylic oxidation sites excluding steroid dienone is 2. The maximum Gasteiger partial charge on any atom is 0.192 e. The summed E-state index contributed by atoms with van der Waals surface area (Å²) in [6.45, 7) is 24.1. The highest BCUT2D eigenvalue weighted by Gasteiger charge is 2.61. The largest absolute Gasteiger partial charge is 0.414 e. The van der Waals surface area contributed by atoms with Crippen molar-refractivity contribution in [3.63, 3.8) is 0 Å². The Labute approximate surface area is 270 Å². The maximum absolute atomic E-state index is 10.4. The molecule has 44 heavy (non-hydrogen) atoms. The van der Waals surface area contributed by atoms with E-state index in [0.29, 0.717) is 25.0 Å². The molecule has 0 saturated carbocycles. The van der Waals surface area contributed by atoms with E-state index in [1.165, 1.54) is 0 Å². The second kappa shape index (κ2) is 11.7. The van der Waals surface area contributed by atoms with Gasteiger partial charge in [-0.1, -0.05) is 65.8 Å². The molecule has 4 fully saturated rings. The lowest BCUT2D eigenvalue weighted by Gasteiger charge is -2.46. The summed E-state index contributed by atoms with van der Waals surface area (Å²) < 4.78 is 26.2. The van der Waals surface area contributed by atoms with Crippen molar-refractivity contribution in [1.82, 2.24) is 0 Å². The summed E-state index contributed by atoms with van der Waals surface area (Å²) in [5, 5.41) is 21.3. The highest BCUT2D eigenvalue weighted by molar-refractivity contribution is 6.74. The van der Waals surface area contributed by atoms with Crippen molar-refractivity contribution in [2.24, 2.45) is 11.8 Å². The van der Waals surface area contributed by atoms with E-state index in [9.17, 15) is 10.2 Å². The van der Waals surface area contributed by atoms with E-state index in [-0.39, 0.29) is 44.7 Å². The fraction of sp³-hybridized carbons (Fsp3) is 0.889. The number of hydrogen-bond donors (Lipinski definition) is 2. The van der Waals surface area contributed by atoms with Crippen LogP contribution in [0.25, 0.3) is 0 Å². The summed E-state index contributed by atoms with van der Waals surface area (Å²) in [4.78, 5) is 0. The van der Waals surface area contributed by atoms with E-state index in [2.05, 4.69) is 92.0 Å². The molecule has 0 aromatic heterocycles. The fourth-order valence-electron chi connectivity index (χ4n) is 8.40. The third kappa shape index (κ3) is 6.67. The monoisotopic (exact) mass is 648 g/mol. The first-order valence-corrected chi connectivity index (χ1v) is 23.3. The van der Waals surface area contributed by atoms with Crippen LogP contribution in [0.5, 0.6) is 0 Å². The smallest absolute Gasteiger partial charge is 0.192 e. The van der Waals surface area contributed by atoms with Crippen molar-refractivity contribution >= 4 is 16.6 Å².